The number of rotatable bonds is 4. The van der Waals surface area contributed by atoms with Crippen molar-refractivity contribution in [1.82, 2.24) is 4.90 Å². The minimum absolute atomic E-state index is 0.703. The molecular formula is C14H21NO. The second-order valence-corrected chi connectivity index (χ2v) is 4.53. The van der Waals surface area contributed by atoms with Crippen LogP contribution in [0.2, 0.25) is 0 Å². The lowest BCUT2D eigenvalue weighted by Gasteiger charge is -2.31. The lowest BCUT2D eigenvalue weighted by atomic mass is 9.99. The fourth-order valence-corrected chi connectivity index (χ4v) is 2.31. The van der Waals surface area contributed by atoms with Gasteiger partial charge < -0.3 is 9.64 Å². The quantitative estimate of drug-likeness (QED) is 0.772. The van der Waals surface area contributed by atoms with Crippen LogP contribution in [0.1, 0.15) is 19.8 Å². The van der Waals surface area contributed by atoms with Crippen molar-refractivity contribution in [3.05, 3.63) is 30.3 Å². The van der Waals surface area contributed by atoms with Crippen LogP contribution in [0, 0.1) is 5.92 Å². The Morgan fingerprint density at radius 1 is 1.31 bits per heavy atom. The first-order valence-electron chi connectivity index (χ1n) is 6.28. The summed E-state index contributed by atoms with van der Waals surface area (Å²) in [5.74, 6) is 1.70. The van der Waals surface area contributed by atoms with Crippen molar-refractivity contribution in [3.63, 3.8) is 0 Å². The molecule has 1 aliphatic rings. The van der Waals surface area contributed by atoms with Gasteiger partial charge in [-0.2, -0.15) is 0 Å². The van der Waals surface area contributed by atoms with Gasteiger partial charge in [-0.05, 0) is 38.1 Å². The van der Waals surface area contributed by atoms with Gasteiger partial charge in [0.15, 0.2) is 0 Å². The number of likely N-dealkylation sites (tertiary alicyclic amines) is 1. The summed E-state index contributed by atoms with van der Waals surface area (Å²) in [5.41, 5.74) is 0. The molecule has 2 nitrogen and oxygen atoms in total. The summed E-state index contributed by atoms with van der Waals surface area (Å²) >= 11 is 0. The van der Waals surface area contributed by atoms with E-state index in [0.717, 1.165) is 12.4 Å². The smallest absolute Gasteiger partial charge is 0.119 e. The third kappa shape index (κ3) is 3.24. The molecule has 0 amide bonds. The van der Waals surface area contributed by atoms with E-state index in [1.165, 1.54) is 32.5 Å². The molecule has 0 N–H and O–H groups in total. The van der Waals surface area contributed by atoms with Gasteiger partial charge in [0, 0.05) is 12.5 Å². The zero-order valence-electron chi connectivity index (χ0n) is 10.1. The number of nitrogens with zero attached hydrogens (tertiary/aromatic N) is 1. The maximum atomic E-state index is 5.81. The Morgan fingerprint density at radius 2 is 2.12 bits per heavy atom. The lowest BCUT2D eigenvalue weighted by Crippen LogP contribution is -2.37. The van der Waals surface area contributed by atoms with E-state index in [4.69, 9.17) is 4.74 Å². The highest BCUT2D eigenvalue weighted by atomic mass is 16.5. The SMILES string of the molecule is CCN1CCC[C@H](COc2ccccc2)C1. The standard InChI is InChI=1S/C14H21NO/c1-2-15-10-6-7-13(11-15)12-16-14-8-4-3-5-9-14/h3-5,8-9,13H,2,6-7,10-12H2,1H3/t13-/m0/s1. The second-order valence-electron chi connectivity index (χ2n) is 4.53. The molecular weight excluding hydrogens is 198 g/mol. The van der Waals surface area contributed by atoms with Crippen LogP contribution < -0.4 is 4.74 Å². The summed E-state index contributed by atoms with van der Waals surface area (Å²) in [6, 6.07) is 10.1. The van der Waals surface area contributed by atoms with E-state index in [1.54, 1.807) is 0 Å². The largest absolute Gasteiger partial charge is 0.493 e. The second kappa shape index (κ2) is 5.90. The maximum absolute atomic E-state index is 5.81. The molecule has 1 fully saturated rings. The van der Waals surface area contributed by atoms with Crippen molar-refractivity contribution in [2.24, 2.45) is 5.92 Å². The normalized spacial score (nSPS) is 21.9. The Morgan fingerprint density at radius 3 is 2.88 bits per heavy atom. The van der Waals surface area contributed by atoms with Crippen molar-refractivity contribution in [2.75, 3.05) is 26.2 Å². The van der Waals surface area contributed by atoms with Gasteiger partial charge in [0.05, 0.1) is 6.61 Å². The highest BCUT2D eigenvalue weighted by Gasteiger charge is 2.18. The van der Waals surface area contributed by atoms with Crippen molar-refractivity contribution in [2.45, 2.75) is 19.8 Å². The molecule has 0 unspecified atom stereocenters. The highest BCUT2D eigenvalue weighted by molar-refractivity contribution is 5.20. The molecule has 0 aliphatic carbocycles. The van der Waals surface area contributed by atoms with E-state index in [0.29, 0.717) is 5.92 Å². The number of para-hydroxylation sites is 1. The van der Waals surface area contributed by atoms with Crippen LogP contribution in [-0.4, -0.2) is 31.1 Å². The fourth-order valence-electron chi connectivity index (χ4n) is 2.31. The summed E-state index contributed by atoms with van der Waals surface area (Å²) in [7, 11) is 0. The molecule has 1 heterocycles. The molecule has 1 aromatic rings. The van der Waals surface area contributed by atoms with Crippen LogP contribution in [0.5, 0.6) is 5.75 Å². The molecule has 1 aliphatic heterocycles. The van der Waals surface area contributed by atoms with Gasteiger partial charge >= 0.3 is 0 Å². The van der Waals surface area contributed by atoms with Gasteiger partial charge in [0.25, 0.3) is 0 Å². The summed E-state index contributed by atoms with van der Waals surface area (Å²) in [6.07, 6.45) is 2.62. The predicted octanol–water partition coefficient (Wildman–Crippen LogP) is 2.80. The number of piperidine rings is 1. The molecule has 0 radical (unpaired) electrons. The highest BCUT2D eigenvalue weighted by Crippen LogP contribution is 2.18. The van der Waals surface area contributed by atoms with Crippen molar-refractivity contribution >= 4 is 0 Å². The van der Waals surface area contributed by atoms with Crippen LogP contribution in [-0.2, 0) is 0 Å². The lowest BCUT2D eigenvalue weighted by molar-refractivity contribution is 0.135. The molecule has 2 rings (SSSR count). The maximum Gasteiger partial charge on any atom is 0.119 e. The Balaban J connectivity index is 1.77. The summed E-state index contributed by atoms with van der Waals surface area (Å²) in [6.45, 7) is 6.73. The Kier molecular flexibility index (Phi) is 4.23. The third-order valence-electron chi connectivity index (χ3n) is 3.28. The molecule has 0 aromatic heterocycles. The fraction of sp³-hybridized carbons (Fsp3) is 0.571. The molecule has 88 valence electrons. The molecule has 0 saturated carbocycles. The molecule has 1 atom stereocenters. The van der Waals surface area contributed by atoms with Gasteiger partial charge in [-0.3, -0.25) is 0 Å². The monoisotopic (exact) mass is 219 g/mol. The van der Waals surface area contributed by atoms with E-state index in [9.17, 15) is 0 Å². The molecule has 16 heavy (non-hydrogen) atoms. The van der Waals surface area contributed by atoms with Crippen LogP contribution in [0.15, 0.2) is 30.3 Å². The number of benzene rings is 1. The van der Waals surface area contributed by atoms with E-state index < -0.39 is 0 Å². The summed E-state index contributed by atoms with van der Waals surface area (Å²) < 4.78 is 5.81. The topological polar surface area (TPSA) is 12.5 Å². The van der Waals surface area contributed by atoms with Gasteiger partial charge in [-0.1, -0.05) is 25.1 Å². The first-order valence-corrected chi connectivity index (χ1v) is 6.28. The van der Waals surface area contributed by atoms with Gasteiger partial charge in [0.2, 0.25) is 0 Å². The van der Waals surface area contributed by atoms with E-state index in [2.05, 4.69) is 11.8 Å². The minimum atomic E-state index is 0.703. The molecule has 0 bridgehead atoms. The zero-order valence-corrected chi connectivity index (χ0v) is 10.1. The Bertz CT molecular complexity index is 299. The van der Waals surface area contributed by atoms with Crippen LogP contribution in [0.3, 0.4) is 0 Å². The summed E-state index contributed by atoms with van der Waals surface area (Å²) in [5, 5.41) is 0. The van der Waals surface area contributed by atoms with Gasteiger partial charge in [-0.25, -0.2) is 0 Å². The molecule has 0 spiro atoms. The first kappa shape index (κ1) is 11.5. The van der Waals surface area contributed by atoms with E-state index in [-0.39, 0.29) is 0 Å². The average molecular weight is 219 g/mol. The van der Waals surface area contributed by atoms with Crippen LogP contribution in [0.4, 0.5) is 0 Å². The van der Waals surface area contributed by atoms with Crippen molar-refractivity contribution in [3.8, 4) is 5.75 Å². The molecule has 1 saturated heterocycles. The number of hydrogen-bond donors (Lipinski definition) is 0. The molecule has 1 aromatic carbocycles. The summed E-state index contributed by atoms with van der Waals surface area (Å²) in [4.78, 5) is 2.52. The van der Waals surface area contributed by atoms with E-state index >= 15 is 0 Å². The van der Waals surface area contributed by atoms with Crippen molar-refractivity contribution < 1.29 is 4.74 Å². The third-order valence-corrected chi connectivity index (χ3v) is 3.28. The number of ether oxygens (including phenoxy) is 1. The molecule has 2 heteroatoms. The zero-order chi connectivity index (χ0) is 11.2. The van der Waals surface area contributed by atoms with E-state index in [1.807, 2.05) is 30.3 Å². The van der Waals surface area contributed by atoms with Crippen molar-refractivity contribution in [1.29, 1.82) is 0 Å². The Labute approximate surface area is 98.2 Å². The minimum Gasteiger partial charge on any atom is -0.493 e. The number of hydrogen-bond acceptors (Lipinski definition) is 2. The average Bonchev–Trinajstić information content (AvgIpc) is 2.38. The first-order chi connectivity index (χ1) is 7.88. The van der Waals surface area contributed by atoms with Crippen LogP contribution in [0.25, 0.3) is 0 Å². The predicted molar refractivity (Wildman–Crippen MR) is 66.8 cm³/mol. The van der Waals surface area contributed by atoms with Gasteiger partial charge in [0.1, 0.15) is 5.75 Å². The van der Waals surface area contributed by atoms with Gasteiger partial charge in [-0.15, -0.1) is 0 Å². The van der Waals surface area contributed by atoms with Crippen LogP contribution >= 0.6 is 0 Å². The Hall–Kier alpha value is -1.02.